The van der Waals surface area contributed by atoms with Crippen molar-refractivity contribution in [3.8, 4) is 0 Å². The summed E-state index contributed by atoms with van der Waals surface area (Å²) in [5.41, 5.74) is 0.738. The molecule has 0 saturated heterocycles. The van der Waals surface area contributed by atoms with Crippen LogP contribution in [0.15, 0.2) is 0 Å². The standard InChI is InChI=1S/C10H22NOSi/c1-7-10(4,5)11-9(12)13(6)8(2)3/h8H,7H2,1-6H3,(H,11,12). The van der Waals surface area contributed by atoms with Gasteiger partial charge in [0.05, 0.1) is 0 Å². The molecule has 0 aromatic carbocycles. The zero-order chi connectivity index (χ0) is 10.6. The minimum absolute atomic E-state index is 0.0437. The van der Waals surface area contributed by atoms with E-state index < -0.39 is 8.80 Å². The minimum Gasteiger partial charge on any atom is -0.356 e. The zero-order valence-electron chi connectivity index (χ0n) is 9.69. The highest BCUT2D eigenvalue weighted by Crippen LogP contribution is 2.12. The Morgan fingerprint density at radius 1 is 1.46 bits per heavy atom. The van der Waals surface area contributed by atoms with Crippen LogP contribution in [0.25, 0.3) is 0 Å². The first-order valence-corrected chi connectivity index (χ1v) is 7.04. The van der Waals surface area contributed by atoms with Gasteiger partial charge in [0.1, 0.15) is 0 Å². The molecule has 77 valence electrons. The normalized spacial score (nSPS) is 12.3. The van der Waals surface area contributed by atoms with E-state index in [-0.39, 0.29) is 11.1 Å². The average molecular weight is 200 g/mol. The Balaban J connectivity index is 4.15. The predicted molar refractivity (Wildman–Crippen MR) is 59.6 cm³/mol. The topological polar surface area (TPSA) is 29.1 Å². The smallest absolute Gasteiger partial charge is 0.190 e. The molecule has 2 nitrogen and oxygen atoms in total. The van der Waals surface area contributed by atoms with Crippen LogP contribution in [-0.4, -0.2) is 19.9 Å². The highest BCUT2D eigenvalue weighted by Gasteiger charge is 2.24. The maximum Gasteiger partial charge on any atom is 0.190 e. The number of hydrogen-bond donors (Lipinski definition) is 1. The number of carbonyl (C=O) groups excluding carboxylic acids is 1. The van der Waals surface area contributed by atoms with E-state index in [1.165, 1.54) is 0 Å². The molecular formula is C10H22NOSi. The monoisotopic (exact) mass is 200 g/mol. The molecule has 0 aliphatic heterocycles. The molecule has 1 N–H and O–H groups in total. The van der Waals surface area contributed by atoms with E-state index in [9.17, 15) is 4.79 Å². The first-order chi connectivity index (χ1) is 5.80. The van der Waals surface area contributed by atoms with Gasteiger partial charge in [-0.05, 0) is 25.8 Å². The molecule has 13 heavy (non-hydrogen) atoms. The summed E-state index contributed by atoms with van der Waals surface area (Å²) >= 11 is 0. The van der Waals surface area contributed by atoms with Gasteiger partial charge in [-0.15, -0.1) is 0 Å². The van der Waals surface area contributed by atoms with E-state index in [4.69, 9.17) is 0 Å². The average Bonchev–Trinajstić information content (AvgIpc) is 2.02. The Bertz CT molecular complexity index is 178. The van der Waals surface area contributed by atoms with Crippen molar-refractivity contribution in [3.05, 3.63) is 0 Å². The van der Waals surface area contributed by atoms with Crippen LogP contribution < -0.4 is 5.32 Å². The lowest BCUT2D eigenvalue weighted by atomic mass is 10.0. The van der Waals surface area contributed by atoms with Crippen molar-refractivity contribution >= 4 is 14.3 Å². The molecule has 0 bridgehead atoms. The zero-order valence-corrected chi connectivity index (χ0v) is 10.7. The Morgan fingerprint density at radius 3 is 2.23 bits per heavy atom. The lowest BCUT2D eigenvalue weighted by Crippen LogP contribution is -2.48. The van der Waals surface area contributed by atoms with Crippen molar-refractivity contribution in [1.82, 2.24) is 5.32 Å². The van der Waals surface area contributed by atoms with Gasteiger partial charge >= 0.3 is 0 Å². The fraction of sp³-hybridized carbons (Fsp3) is 0.900. The molecule has 3 heteroatoms. The summed E-state index contributed by atoms with van der Waals surface area (Å²) in [6.45, 7) is 12.6. The van der Waals surface area contributed by atoms with Crippen molar-refractivity contribution in [2.24, 2.45) is 0 Å². The molecule has 0 aromatic rings. The molecule has 0 atom stereocenters. The van der Waals surface area contributed by atoms with Crippen LogP contribution in [0.2, 0.25) is 12.1 Å². The molecule has 0 unspecified atom stereocenters. The second-order valence-corrected chi connectivity index (χ2v) is 7.50. The van der Waals surface area contributed by atoms with Crippen molar-refractivity contribution < 1.29 is 4.79 Å². The van der Waals surface area contributed by atoms with Gasteiger partial charge in [-0.25, -0.2) is 0 Å². The summed E-state index contributed by atoms with van der Waals surface area (Å²) < 4.78 is 0. The quantitative estimate of drug-likeness (QED) is 0.694. The molecular weight excluding hydrogens is 178 g/mol. The van der Waals surface area contributed by atoms with Gasteiger partial charge in [0.25, 0.3) is 0 Å². The van der Waals surface area contributed by atoms with Gasteiger partial charge in [-0.1, -0.05) is 27.3 Å². The van der Waals surface area contributed by atoms with Crippen molar-refractivity contribution in [2.75, 3.05) is 0 Å². The molecule has 0 fully saturated rings. The molecule has 0 aromatic heterocycles. The summed E-state index contributed by atoms with van der Waals surface area (Å²) in [6, 6.07) is 0. The molecule has 0 rings (SSSR count). The molecule has 0 heterocycles. The highest BCUT2D eigenvalue weighted by atomic mass is 28.3. The second kappa shape index (κ2) is 4.79. The van der Waals surface area contributed by atoms with Gasteiger partial charge in [0, 0.05) is 5.54 Å². The van der Waals surface area contributed by atoms with Gasteiger partial charge in [-0.2, -0.15) is 0 Å². The van der Waals surface area contributed by atoms with Crippen molar-refractivity contribution in [3.63, 3.8) is 0 Å². The van der Waals surface area contributed by atoms with Crippen LogP contribution in [0.1, 0.15) is 41.0 Å². The van der Waals surface area contributed by atoms with E-state index in [1.54, 1.807) is 0 Å². The number of rotatable bonds is 4. The number of hydrogen-bond acceptors (Lipinski definition) is 1. The van der Waals surface area contributed by atoms with E-state index in [1.807, 2.05) is 0 Å². The Morgan fingerprint density at radius 2 is 1.92 bits per heavy atom. The van der Waals surface area contributed by atoms with E-state index in [0.717, 1.165) is 6.42 Å². The van der Waals surface area contributed by atoms with E-state index in [2.05, 4.69) is 46.5 Å². The van der Waals surface area contributed by atoms with Crippen molar-refractivity contribution in [2.45, 2.75) is 58.7 Å². The summed E-state index contributed by atoms with van der Waals surface area (Å²) in [5.74, 6) is 0. The van der Waals surface area contributed by atoms with Crippen LogP contribution in [-0.2, 0) is 0 Å². The molecule has 0 aliphatic carbocycles. The number of amides is 1. The third-order valence-electron chi connectivity index (χ3n) is 2.56. The summed E-state index contributed by atoms with van der Waals surface area (Å²) in [6.07, 6.45) is 0.978. The lowest BCUT2D eigenvalue weighted by Gasteiger charge is -2.27. The van der Waals surface area contributed by atoms with Crippen LogP contribution >= 0.6 is 0 Å². The maximum atomic E-state index is 11.7. The Kier molecular flexibility index (Phi) is 4.68. The van der Waals surface area contributed by atoms with Crippen LogP contribution in [0.5, 0.6) is 0 Å². The summed E-state index contributed by atoms with van der Waals surface area (Å²) in [7, 11) is -0.877. The third kappa shape index (κ3) is 4.46. The predicted octanol–water partition coefficient (Wildman–Crippen LogP) is 3.00. The fourth-order valence-electron chi connectivity index (χ4n) is 0.757. The Labute approximate surface area is 83.7 Å². The summed E-state index contributed by atoms with van der Waals surface area (Å²) in [4.78, 5) is 11.7. The largest absolute Gasteiger partial charge is 0.356 e. The van der Waals surface area contributed by atoms with Gasteiger partial charge < -0.3 is 5.32 Å². The molecule has 0 aliphatic rings. The third-order valence-corrected chi connectivity index (χ3v) is 5.13. The van der Waals surface area contributed by atoms with Crippen LogP contribution in [0.4, 0.5) is 4.79 Å². The van der Waals surface area contributed by atoms with Crippen LogP contribution in [0, 0.1) is 0 Å². The number of carbonyl (C=O) groups is 1. The molecule has 1 radical (unpaired) electrons. The first-order valence-electron chi connectivity index (χ1n) is 4.96. The molecule has 1 amide bonds. The second-order valence-electron chi connectivity index (χ2n) is 4.53. The highest BCUT2D eigenvalue weighted by molar-refractivity contribution is 6.89. The van der Waals surface area contributed by atoms with Crippen molar-refractivity contribution in [1.29, 1.82) is 0 Å². The maximum absolute atomic E-state index is 11.7. The minimum atomic E-state index is -0.877. The van der Waals surface area contributed by atoms with Gasteiger partial charge in [0.2, 0.25) is 0 Å². The van der Waals surface area contributed by atoms with E-state index >= 15 is 0 Å². The first kappa shape index (κ1) is 12.7. The summed E-state index contributed by atoms with van der Waals surface area (Å²) in [5, 5.41) is 3.09. The molecule has 0 spiro atoms. The fourth-order valence-corrected chi connectivity index (χ4v) is 1.82. The van der Waals surface area contributed by atoms with Gasteiger partial charge in [-0.3, -0.25) is 4.79 Å². The van der Waals surface area contributed by atoms with Crippen LogP contribution in [0.3, 0.4) is 0 Å². The lowest BCUT2D eigenvalue weighted by molar-refractivity contribution is 0.247. The Hall–Kier alpha value is -0.313. The number of nitrogens with one attached hydrogen (secondary N) is 1. The van der Waals surface area contributed by atoms with Gasteiger partial charge in [0.15, 0.2) is 14.3 Å². The van der Waals surface area contributed by atoms with E-state index in [0.29, 0.717) is 5.54 Å². The molecule has 0 saturated carbocycles. The SMILES string of the molecule is CCC(C)(C)NC(=O)[Si](C)C(C)C.